The van der Waals surface area contributed by atoms with Crippen LogP contribution in [0.25, 0.3) is 11.7 Å². The molecule has 0 bridgehead atoms. The van der Waals surface area contributed by atoms with Gasteiger partial charge in [-0.15, -0.1) is 4.37 Å². The zero-order chi connectivity index (χ0) is 11.8. The largest absolute Gasteiger partial charge is 0.414 e. The third kappa shape index (κ3) is 2.16. The van der Waals surface area contributed by atoms with Crippen LogP contribution in [0.2, 0.25) is 0 Å². The van der Waals surface area contributed by atoms with Crippen molar-refractivity contribution >= 4 is 11.5 Å². The first-order valence-corrected chi connectivity index (χ1v) is 5.54. The summed E-state index contributed by atoms with van der Waals surface area (Å²) in [5.74, 6) is 0.516. The van der Waals surface area contributed by atoms with Gasteiger partial charge in [0.15, 0.2) is 0 Å². The molecule has 0 spiro atoms. The molecule has 0 saturated carbocycles. The Balaban J connectivity index is 2.36. The van der Waals surface area contributed by atoms with Crippen molar-refractivity contribution in [1.82, 2.24) is 14.3 Å². The first-order valence-electron chi connectivity index (χ1n) is 4.76. The van der Waals surface area contributed by atoms with Gasteiger partial charge in [0.1, 0.15) is 0 Å². The van der Waals surface area contributed by atoms with Crippen LogP contribution >= 0.6 is 11.5 Å². The summed E-state index contributed by atoms with van der Waals surface area (Å²) in [6.07, 6.45) is 3.45. The van der Waals surface area contributed by atoms with E-state index in [1.165, 1.54) is 0 Å². The highest BCUT2D eigenvalue weighted by molar-refractivity contribution is 7.02. The Hall–Kier alpha value is -1.56. The zero-order valence-corrected chi connectivity index (χ0v) is 10.0. The van der Waals surface area contributed by atoms with Gasteiger partial charge >= 0.3 is 4.94 Å². The highest BCUT2D eigenvalue weighted by Gasteiger charge is 2.16. The minimum atomic E-state index is -0.446. The van der Waals surface area contributed by atoms with E-state index in [4.69, 9.17) is 4.42 Å². The van der Waals surface area contributed by atoms with Crippen LogP contribution in [0.1, 0.15) is 26.3 Å². The Kier molecular flexibility index (Phi) is 2.59. The molecule has 0 unspecified atom stereocenters. The molecule has 0 fully saturated rings. The van der Waals surface area contributed by atoms with Crippen LogP contribution in [0, 0.1) is 0 Å². The molecule has 5 nitrogen and oxygen atoms in total. The van der Waals surface area contributed by atoms with Crippen molar-refractivity contribution in [1.29, 1.82) is 0 Å². The van der Waals surface area contributed by atoms with Crippen molar-refractivity contribution in [3.8, 4) is 11.7 Å². The molecule has 2 heterocycles. The van der Waals surface area contributed by atoms with E-state index in [1.807, 2.05) is 0 Å². The number of hydrogen-bond acceptors (Lipinski definition) is 6. The summed E-state index contributed by atoms with van der Waals surface area (Å²) in [6.45, 7) is 6.23. The van der Waals surface area contributed by atoms with E-state index in [1.54, 1.807) is 12.4 Å². The average Bonchev–Trinajstić information content (AvgIpc) is 2.64. The van der Waals surface area contributed by atoms with Gasteiger partial charge in [0.25, 0.3) is 5.89 Å². The number of nitrogens with zero attached hydrogens (tertiary/aromatic N) is 3. The van der Waals surface area contributed by atoms with Gasteiger partial charge in [0.2, 0.25) is 5.82 Å². The molecular formula is C10H11N3O2S. The molecule has 0 aliphatic heterocycles. The monoisotopic (exact) mass is 237 g/mol. The molecule has 84 valence electrons. The molecular weight excluding hydrogens is 226 g/mol. The molecule has 0 amide bonds. The van der Waals surface area contributed by atoms with Crippen LogP contribution in [-0.2, 0) is 5.41 Å². The van der Waals surface area contributed by atoms with Crippen molar-refractivity contribution in [2.24, 2.45) is 0 Å². The van der Waals surface area contributed by atoms with E-state index < -0.39 is 4.94 Å². The SMILES string of the molecule is CC(C)(C)c1cnc(-c2nsc(=O)o2)nc1. The normalized spacial score (nSPS) is 11.7. The molecule has 0 aliphatic carbocycles. The smallest absolute Gasteiger partial charge is 0.390 e. The Morgan fingerprint density at radius 3 is 2.31 bits per heavy atom. The minimum Gasteiger partial charge on any atom is -0.390 e. The Morgan fingerprint density at radius 1 is 1.25 bits per heavy atom. The second kappa shape index (κ2) is 3.79. The van der Waals surface area contributed by atoms with Gasteiger partial charge in [-0.05, 0) is 11.0 Å². The van der Waals surface area contributed by atoms with Gasteiger partial charge in [-0.25, -0.2) is 14.8 Å². The summed E-state index contributed by atoms with van der Waals surface area (Å²) in [4.78, 5) is 18.6. The molecule has 0 N–H and O–H groups in total. The first-order chi connectivity index (χ1) is 7.47. The lowest BCUT2D eigenvalue weighted by Crippen LogP contribution is -2.12. The van der Waals surface area contributed by atoms with Crippen LogP contribution in [0.5, 0.6) is 0 Å². The maximum Gasteiger partial charge on any atom is 0.414 e. The summed E-state index contributed by atoms with van der Waals surface area (Å²) < 4.78 is 8.64. The van der Waals surface area contributed by atoms with Crippen LogP contribution < -0.4 is 4.94 Å². The van der Waals surface area contributed by atoms with Gasteiger partial charge in [-0.3, -0.25) is 0 Å². The van der Waals surface area contributed by atoms with Gasteiger partial charge in [-0.1, -0.05) is 20.8 Å². The molecule has 16 heavy (non-hydrogen) atoms. The highest BCUT2D eigenvalue weighted by Crippen LogP contribution is 2.21. The van der Waals surface area contributed by atoms with E-state index in [-0.39, 0.29) is 11.3 Å². The van der Waals surface area contributed by atoms with Gasteiger partial charge in [0.05, 0.1) is 11.5 Å². The quantitative estimate of drug-likeness (QED) is 0.757. The van der Waals surface area contributed by atoms with Crippen molar-refractivity contribution in [3.63, 3.8) is 0 Å². The molecule has 2 rings (SSSR count). The number of aromatic nitrogens is 3. The van der Waals surface area contributed by atoms with E-state index in [9.17, 15) is 4.79 Å². The molecule has 0 radical (unpaired) electrons. The van der Waals surface area contributed by atoms with Crippen LogP contribution in [0.15, 0.2) is 21.6 Å². The molecule has 0 saturated heterocycles. The van der Waals surface area contributed by atoms with Crippen molar-refractivity contribution < 1.29 is 4.42 Å². The van der Waals surface area contributed by atoms with Gasteiger partial charge in [-0.2, -0.15) is 0 Å². The maximum atomic E-state index is 10.8. The zero-order valence-electron chi connectivity index (χ0n) is 9.22. The number of hydrogen-bond donors (Lipinski definition) is 0. The summed E-state index contributed by atoms with van der Waals surface area (Å²) in [5.41, 5.74) is 1.02. The van der Waals surface area contributed by atoms with Crippen molar-refractivity contribution in [3.05, 3.63) is 27.7 Å². The fourth-order valence-corrected chi connectivity index (χ4v) is 1.50. The lowest BCUT2D eigenvalue weighted by molar-refractivity contribution is 0.536. The Bertz CT molecular complexity index is 536. The fourth-order valence-electron chi connectivity index (χ4n) is 1.11. The predicted octanol–water partition coefficient (Wildman–Crippen LogP) is 1.85. The number of rotatable bonds is 1. The molecule has 0 aromatic carbocycles. The Morgan fingerprint density at radius 2 is 1.88 bits per heavy atom. The molecule has 6 heteroatoms. The second-order valence-corrected chi connectivity index (χ2v) is 5.08. The summed E-state index contributed by atoms with van der Waals surface area (Å²) >= 11 is 0.757. The standard InChI is InChI=1S/C10H11N3O2S/c1-10(2,3)6-4-11-7(12-5-6)8-13-16-9(14)15-8/h4-5H,1-3H3. The van der Waals surface area contributed by atoms with Crippen molar-refractivity contribution in [2.75, 3.05) is 0 Å². The van der Waals surface area contributed by atoms with E-state index in [2.05, 4.69) is 35.1 Å². The fraction of sp³-hybridized carbons (Fsp3) is 0.400. The van der Waals surface area contributed by atoms with E-state index in [0.29, 0.717) is 5.82 Å². The second-order valence-electron chi connectivity index (χ2n) is 4.39. The summed E-state index contributed by atoms with van der Waals surface area (Å²) in [6, 6.07) is 0. The molecule has 0 aliphatic rings. The predicted molar refractivity (Wildman–Crippen MR) is 60.4 cm³/mol. The third-order valence-corrected chi connectivity index (χ3v) is 2.58. The average molecular weight is 237 g/mol. The van der Waals surface area contributed by atoms with E-state index >= 15 is 0 Å². The van der Waals surface area contributed by atoms with Crippen molar-refractivity contribution in [2.45, 2.75) is 26.2 Å². The molecule has 0 atom stereocenters. The molecule has 2 aromatic rings. The van der Waals surface area contributed by atoms with Crippen LogP contribution in [0.4, 0.5) is 0 Å². The topological polar surface area (TPSA) is 68.9 Å². The summed E-state index contributed by atoms with van der Waals surface area (Å²) in [7, 11) is 0. The maximum absolute atomic E-state index is 10.8. The van der Waals surface area contributed by atoms with E-state index in [0.717, 1.165) is 17.1 Å². The van der Waals surface area contributed by atoms with Gasteiger partial charge < -0.3 is 4.42 Å². The van der Waals surface area contributed by atoms with Crippen LogP contribution in [0.3, 0.4) is 0 Å². The third-order valence-electron chi connectivity index (χ3n) is 2.09. The highest BCUT2D eigenvalue weighted by atomic mass is 32.1. The first kappa shape index (κ1) is 10.9. The minimum absolute atomic E-state index is 0.00143. The van der Waals surface area contributed by atoms with Gasteiger partial charge in [0, 0.05) is 12.4 Å². The summed E-state index contributed by atoms with van der Waals surface area (Å²) in [5, 5.41) is 0. The molecule has 2 aromatic heterocycles. The lowest BCUT2D eigenvalue weighted by atomic mass is 9.89. The van der Waals surface area contributed by atoms with Crippen LogP contribution in [-0.4, -0.2) is 14.3 Å². The Labute approximate surface area is 96.4 Å². The lowest BCUT2D eigenvalue weighted by Gasteiger charge is -2.17.